The van der Waals surface area contributed by atoms with Gasteiger partial charge in [-0.3, -0.25) is 5.32 Å². The second-order valence-electron chi connectivity index (χ2n) is 15.1. The molecule has 0 radical (unpaired) electrons. The molecule has 3 heterocycles. The molecule has 57 heavy (non-hydrogen) atoms. The molecule has 2 atom stereocenters. The van der Waals surface area contributed by atoms with E-state index in [1.54, 1.807) is 0 Å². The van der Waals surface area contributed by atoms with Crippen LogP contribution in [0.15, 0.2) is 197 Å². The van der Waals surface area contributed by atoms with Gasteiger partial charge >= 0.3 is 0 Å². The summed E-state index contributed by atoms with van der Waals surface area (Å²) >= 11 is 0. The third kappa shape index (κ3) is 4.76. The number of amidine groups is 1. The Morgan fingerprint density at radius 2 is 1.09 bits per heavy atom. The van der Waals surface area contributed by atoms with Gasteiger partial charge in [0.1, 0.15) is 40.8 Å². The smallest absolute Gasteiger partial charge is 0.136 e. The Labute approximate surface area is 329 Å². The zero-order chi connectivity index (χ0) is 37.5. The van der Waals surface area contributed by atoms with Crippen molar-refractivity contribution in [1.82, 2.24) is 10.6 Å². The van der Waals surface area contributed by atoms with Crippen LogP contribution in [-0.2, 0) is 5.41 Å². The van der Waals surface area contributed by atoms with Crippen molar-refractivity contribution in [1.29, 1.82) is 0 Å². The zero-order valence-electron chi connectivity index (χ0n) is 30.8. The molecule has 2 N–H and O–H groups in total. The van der Waals surface area contributed by atoms with E-state index in [1.165, 1.54) is 33.4 Å². The molecule has 0 saturated carbocycles. The van der Waals surface area contributed by atoms with Crippen molar-refractivity contribution in [3.05, 3.63) is 227 Å². The molecule has 5 heteroatoms. The van der Waals surface area contributed by atoms with Crippen LogP contribution in [0.4, 0.5) is 0 Å². The van der Waals surface area contributed by atoms with Crippen molar-refractivity contribution in [2.24, 2.45) is 4.99 Å². The SMILES string of the molecule is c1ccc(C2N=C(c3cccc4oc5ccc(-c6ccc7c(c6)-c6ccccc6C76c7ccccc7Oc7ccccc76)cc5c34)NC(c3ccccc3)N2)cc1. The molecule has 2 aliphatic heterocycles. The predicted molar refractivity (Wildman–Crippen MR) is 228 cm³/mol. The lowest BCUT2D eigenvalue weighted by molar-refractivity contribution is 0.409. The fourth-order valence-corrected chi connectivity index (χ4v) is 9.56. The molecule has 9 aromatic rings. The summed E-state index contributed by atoms with van der Waals surface area (Å²) in [5.41, 5.74) is 14.1. The molecule has 0 bridgehead atoms. The molecule has 1 aromatic heterocycles. The van der Waals surface area contributed by atoms with E-state index in [0.29, 0.717) is 0 Å². The second kappa shape index (κ2) is 12.4. The van der Waals surface area contributed by atoms with Crippen molar-refractivity contribution in [2.75, 3.05) is 0 Å². The average Bonchev–Trinajstić information content (AvgIpc) is 3.80. The van der Waals surface area contributed by atoms with Crippen LogP contribution in [0.1, 0.15) is 51.3 Å². The van der Waals surface area contributed by atoms with Crippen LogP contribution >= 0.6 is 0 Å². The van der Waals surface area contributed by atoms with Gasteiger partial charge in [0, 0.05) is 27.5 Å². The topological polar surface area (TPSA) is 58.8 Å². The molecule has 0 saturated heterocycles. The van der Waals surface area contributed by atoms with Crippen LogP contribution in [0.3, 0.4) is 0 Å². The summed E-state index contributed by atoms with van der Waals surface area (Å²) in [6.45, 7) is 0. The molecular formula is C52H35N3O2. The van der Waals surface area contributed by atoms with Crippen LogP contribution in [0.5, 0.6) is 11.5 Å². The minimum absolute atomic E-state index is 0.139. The summed E-state index contributed by atoms with van der Waals surface area (Å²) in [6.07, 6.45) is -0.371. The first-order valence-electron chi connectivity index (χ1n) is 19.5. The van der Waals surface area contributed by atoms with E-state index in [-0.39, 0.29) is 12.3 Å². The number of benzene rings is 8. The highest BCUT2D eigenvalue weighted by Gasteiger charge is 2.51. The van der Waals surface area contributed by atoms with Gasteiger partial charge in [-0.25, -0.2) is 4.99 Å². The molecule has 8 aromatic carbocycles. The summed E-state index contributed by atoms with van der Waals surface area (Å²) in [5, 5.41) is 9.57. The maximum atomic E-state index is 6.55. The summed E-state index contributed by atoms with van der Waals surface area (Å²) in [4.78, 5) is 5.29. The lowest BCUT2D eigenvalue weighted by Gasteiger charge is -2.39. The summed E-state index contributed by atoms with van der Waals surface area (Å²) in [7, 11) is 0. The molecule has 0 amide bonds. The lowest BCUT2D eigenvalue weighted by atomic mass is 9.66. The maximum absolute atomic E-state index is 6.55. The Balaban J connectivity index is 1.02. The van der Waals surface area contributed by atoms with E-state index < -0.39 is 5.41 Å². The monoisotopic (exact) mass is 733 g/mol. The number of rotatable bonds is 4. The minimum atomic E-state index is -0.493. The zero-order valence-corrected chi connectivity index (χ0v) is 30.8. The fourth-order valence-electron chi connectivity index (χ4n) is 9.56. The van der Waals surface area contributed by atoms with Crippen LogP contribution < -0.4 is 15.4 Å². The van der Waals surface area contributed by atoms with Gasteiger partial charge in [0.15, 0.2) is 0 Å². The highest BCUT2D eigenvalue weighted by Crippen LogP contribution is 2.62. The molecule has 0 fully saturated rings. The molecule has 5 nitrogen and oxygen atoms in total. The van der Waals surface area contributed by atoms with Crippen molar-refractivity contribution in [3.8, 4) is 33.8 Å². The Hall–Kier alpha value is -7.21. The van der Waals surface area contributed by atoms with Crippen molar-refractivity contribution in [3.63, 3.8) is 0 Å². The Bertz CT molecular complexity index is 3030. The van der Waals surface area contributed by atoms with E-state index >= 15 is 0 Å². The number of hydrogen-bond acceptors (Lipinski definition) is 5. The first-order valence-corrected chi connectivity index (χ1v) is 19.5. The first kappa shape index (κ1) is 32.1. The van der Waals surface area contributed by atoms with E-state index in [0.717, 1.165) is 67.1 Å². The van der Waals surface area contributed by atoms with E-state index in [9.17, 15) is 0 Å². The molecular weight excluding hydrogens is 699 g/mol. The predicted octanol–water partition coefficient (Wildman–Crippen LogP) is 12.1. The van der Waals surface area contributed by atoms with Gasteiger partial charge in [-0.2, -0.15) is 0 Å². The lowest BCUT2D eigenvalue weighted by Crippen LogP contribution is -2.45. The highest BCUT2D eigenvalue weighted by atomic mass is 16.5. The quantitative estimate of drug-likeness (QED) is 0.189. The van der Waals surface area contributed by atoms with Gasteiger partial charge in [-0.15, -0.1) is 0 Å². The van der Waals surface area contributed by atoms with Crippen LogP contribution in [0.2, 0.25) is 0 Å². The Kier molecular flexibility index (Phi) is 6.98. The number of para-hydroxylation sites is 2. The van der Waals surface area contributed by atoms with Crippen molar-refractivity contribution >= 4 is 27.8 Å². The number of nitrogens with zero attached hydrogens (tertiary/aromatic N) is 1. The number of furan rings is 1. The molecule has 3 aliphatic rings. The highest BCUT2D eigenvalue weighted by molar-refractivity contribution is 6.18. The number of ether oxygens (including phenoxy) is 1. The Morgan fingerprint density at radius 3 is 1.86 bits per heavy atom. The van der Waals surface area contributed by atoms with E-state index in [2.05, 4.69) is 187 Å². The number of hydrogen-bond donors (Lipinski definition) is 2. The van der Waals surface area contributed by atoms with Gasteiger partial charge in [0.25, 0.3) is 0 Å². The third-order valence-corrected chi connectivity index (χ3v) is 12.0. The Morgan fingerprint density at radius 1 is 0.474 bits per heavy atom. The molecule has 1 aliphatic carbocycles. The summed E-state index contributed by atoms with van der Waals surface area (Å²) in [5.74, 6) is 2.62. The van der Waals surface area contributed by atoms with Crippen LogP contribution in [0.25, 0.3) is 44.2 Å². The molecule has 270 valence electrons. The molecule has 1 spiro atoms. The first-order chi connectivity index (χ1) is 28.2. The second-order valence-corrected chi connectivity index (χ2v) is 15.1. The van der Waals surface area contributed by atoms with Crippen molar-refractivity contribution in [2.45, 2.75) is 17.7 Å². The molecule has 2 unspecified atom stereocenters. The fraction of sp³-hybridized carbons (Fsp3) is 0.0577. The normalized spacial score (nSPS) is 17.2. The van der Waals surface area contributed by atoms with E-state index in [1.807, 2.05) is 12.1 Å². The summed E-state index contributed by atoms with van der Waals surface area (Å²) < 4.78 is 13.1. The van der Waals surface area contributed by atoms with E-state index in [4.69, 9.17) is 14.1 Å². The van der Waals surface area contributed by atoms with Crippen molar-refractivity contribution < 1.29 is 9.15 Å². The van der Waals surface area contributed by atoms with Gasteiger partial charge in [-0.1, -0.05) is 152 Å². The maximum Gasteiger partial charge on any atom is 0.136 e. The number of fused-ring (bicyclic) bond motifs is 12. The average molecular weight is 734 g/mol. The van der Waals surface area contributed by atoms with Gasteiger partial charge in [-0.05, 0) is 80.9 Å². The minimum Gasteiger partial charge on any atom is -0.457 e. The van der Waals surface area contributed by atoms with Crippen LogP contribution in [-0.4, -0.2) is 5.84 Å². The standard InChI is InChI=1S/C52H35N3O2/c1-3-14-32(15-4-1)49-53-50(33-16-5-2-6-17-33)55-51(54-49)37-19-13-25-47-48(37)39-31-35(27-29-44(39)56-47)34-26-28-41-38(30-34)36-18-7-8-20-40(36)52(41)42-21-9-11-23-45(42)57-46-24-12-10-22-43(46)52/h1-31,49-50,53H,(H,54,55). The molecule has 12 rings (SSSR count). The number of nitrogens with one attached hydrogen (secondary N) is 2. The number of aliphatic imine (C=N–C) groups is 1. The largest absolute Gasteiger partial charge is 0.457 e. The van der Waals surface area contributed by atoms with Gasteiger partial charge in [0.05, 0.1) is 5.41 Å². The van der Waals surface area contributed by atoms with Gasteiger partial charge in [0.2, 0.25) is 0 Å². The van der Waals surface area contributed by atoms with Gasteiger partial charge < -0.3 is 14.5 Å². The third-order valence-electron chi connectivity index (χ3n) is 12.0. The van der Waals surface area contributed by atoms with Crippen LogP contribution in [0, 0.1) is 0 Å². The summed E-state index contributed by atoms with van der Waals surface area (Å²) in [6, 6.07) is 66.6.